The summed E-state index contributed by atoms with van der Waals surface area (Å²) in [5.74, 6) is 7.86. The van der Waals surface area contributed by atoms with Crippen LogP contribution in [0.15, 0.2) is 97.1 Å². The minimum Gasteiger partial charge on any atom is -0.468 e. The van der Waals surface area contributed by atoms with Crippen LogP contribution in [-0.4, -0.2) is 52.1 Å². The van der Waals surface area contributed by atoms with Crippen LogP contribution in [0.3, 0.4) is 0 Å². The molecule has 0 amide bonds. The second-order valence-corrected chi connectivity index (χ2v) is 21.7. The molecule has 10 heteroatoms. The van der Waals surface area contributed by atoms with Gasteiger partial charge in [-0.25, -0.2) is 0 Å². The Labute approximate surface area is 432 Å². The lowest BCUT2D eigenvalue weighted by Crippen LogP contribution is -2.31. The molecule has 2 bridgehead atoms. The molecule has 0 aromatic heterocycles. The largest absolute Gasteiger partial charge is 0.468 e. The summed E-state index contributed by atoms with van der Waals surface area (Å²) in [6, 6.07) is 31.6. The van der Waals surface area contributed by atoms with Crippen molar-refractivity contribution < 1.29 is 47.5 Å². The van der Waals surface area contributed by atoms with E-state index in [0.717, 1.165) is 66.8 Å². The molecule has 72 heavy (non-hydrogen) atoms. The van der Waals surface area contributed by atoms with Gasteiger partial charge in [-0.05, 0) is 205 Å². The van der Waals surface area contributed by atoms with Gasteiger partial charge in [0.15, 0.2) is 20.4 Å². The van der Waals surface area contributed by atoms with E-state index in [2.05, 4.69) is 50.2 Å². The highest BCUT2D eigenvalue weighted by molar-refractivity contribution is 5.78. The van der Waals surface area contributed by atoms with Gasteiger partial charge in [0, 0.05) is 7.11 Å². The highest BCUT2D eigenvalue weighted by atomic mass is 16.7. The van der Waals surface area contributed by atoms with Crippen LogP contribution in [0.1, 0.15) is 167 Å². The molecular weight excluding hydrogens is 905 g/mol. The molecule has 0 radical (unpaired) electrons. The van der Waals surface area contributed by atoms with Crippen LogP contribution >= 0.6 is 0 Å². The highest BCUT2D eigenvalue weighted by Crippen LogP contribution is 2.59. The smallest absolute Gasteiger partial charge is 0.316 e. The third-order valence-corrected chi connectivity index (χ3v) is 16.1. The minimum atomic E-state index is -0.470. The average molecular weight is 991 g/mol. The van der Waals surface area contributed by atoms with E-state index in [1.165, 1.54) is 80.9 Å². The van der Waals surface area contributed by atoms with Gasteiger partial charge in [-0.15, -0.1) is 0 Å². The number of carbonyl (C=O) groups excluding carboxylic acids is 2. The minimum absolute atomic E-state index is 0.196. The Bertz CT molecular complexity index is 2190. The third kappa shape index (κ3) is 16.6. The van der Waals surface area contributed by atoms with Gasteiger partial charge in [-0.2, -0.15) is 0 Å². The first-order valence-electron chi connectivity index (χ1n) is 27.1. The molecule has 4 fully saturated rings. The maximum atomic E-state index is 12.1. The van der Waals surface area contributed by atoms with Gasteiger partial charge in [0.2, 0.25) is 0 Å². The summed E-state index contributed by atoms with van der Waals surface area (Å²) in [6.07, 6.45) is 17.7. The summed E-state index contributed by atoms with van der Waals surface area (Å²) in [7, 11) is 1.56. The van der Waals surface area contributed by atoms with Gasteiger partial charge in [-0.1, -0.05) is 89.8 Å². The number of hydrogen-bond donors (Lipinski definition) is 0. The number of carbonyl (C=O) groups is 2. The Morgan fingerprint density at radius 2 is 1.08 bits per heavy atom. The topological polar surface area (TPSA) is 108 Å². The molecule has 0 N–H and O–H groups in total. The number of rotatable bonds is 22. The summed E-state index contributed by atoms with van der Waals surface area (Å²) >= 11 is 0. The molecule has 394 valence electrons. The first-order valence-corrected chi connectivity index (χ1v) is 27.1. The predicted octanol–water partition coefficient (Wildman–Crippen LogP) is 15.1. The molecule has 0 saturated heterocycles. The first-order chi connectivity index (χ1) is 34.7. The molecule has 4 aliphatic rings. The molecule has 8 rings (SSSR count). The Morgan fingerprint density at radius 1 is 0.569 bits per heavy atom. The fourth-order valence-corrected chi connectivity index (χ4v) is 10.4. The zero-order valence-corrected chi connectivity index (χ0v) is 45.1. The monoisotopic (exact) mass is 991 g/mol. The van der Waals surface area contributed by atoms with Crippen molar-refractivity contribution in [3.8, 4) is 28.7 Å². The van der Waals surface area contributed by atoms with E-state index in [0.29, 0.717) is 49.5 Å². The molecule has 0 heterocycles. The lowest BCUT2D eigenvalue weighted by molar-refractivity contribution is -0.144. The van der Waals surface area contributed by atoms with Crippen molar-refractivity contribution in [1.82, 2.24) is 0 Å². The number of ether oxygens (including phenoxy) is 8. The van der Waals surface area contributed by atoms with Crippen LogP contribution in [0.2, 0.25) is 0 Å². The molecule has 6 atom stereocenters. The van der Waals surface area contributed by atoms with E-state index in [1.54, 1.807) is 43.5 Å². The van der Waals surface area contributed by atoms with Gasteiger partial charge < -0.3 is 37.9 Å². The van der Waals surface area contributed by atoms with Crippen molar-refractivity contribution in [2.75, 3.05) is 34.1 Å². The van der Waals surface area contributed by atoms with Crippen LogP contribution in [0, 0.1) is 34.5 Å². The van der Waals surface area contributed by atoms with Crippen molar-refractivity contribution in [3.63, 3.8) is 0 Å². The third-order valence-electron chi connectivity index (χ3n) is 16.1. The van der Waals surface area contributed by atoms with Crippen LogP contribution in [-0.2, 0) is 30.2 Å². The number of benzene rings is 4. The number of hydrogen-bond acceptors (Lipinski definition) is 10. The molecule has 10 nitrogen and oxygen atoms in total. The fourth-order valence-electron chi connectivity index (χ4n) is 10.4. The maximum Gasteiger partial charge on any atom is 0.316 e. The molecule has 4 aromatic rings. The van der Waals surface area contributed by atoms with E-state index in [-0.39, 0.29) is 18.7 Å². The normalized spacial score (nSPS) is 20.8. The molecular formula is C62H86O10. The van der Waals surface area contributed by atoms with Crippen LogP contribution < -0.4 is 23.7 Å². The molecule has 0 aliphatic heterocycles. The second kappa shape index (κ2) is 28.0. The lowest BCUT2D eigenvalue weighted by Gasteiger charge is -2.31. The summed E-state index contributed by atoms with van der Waals surface area (Å²) < 4.78 is 44.0. The van der Waals surface area contributed by atoms with Gasteiger partial charge in [0.25, 0.3) is 0 Å². The average Bonchev–Trinajstić information content (AvgIpc) is 4.16. The fraction of sp³-hybridized carbons (Fsp3) is 0.581. The van der Waals surface area contributed by atoms with E-state index >= 15 is 0 Å². The number of methoxy groups -OCH3 is 1. The van der Waals surface area contributed by atoms with E-state index in [4.69, 9.17) is 37.9 Å². The Morgan fingerprint density at radius 3 is 1.62 bits per heavy atom. The van der Waals surface area contributed by atoms with Gasteiger partial charge in [0.05, 0.1) is 23.5 Å². The van der Waals surface area contributed by atoms with E-state index in [1.807, 2.05) is 65.8 Å². The van der Waals surface area contributed by atoms with E-state index in [9.17, 15) is 9.59 Å². The standard InChI is InChI=1S/C25H34O2.C23H32O4.C14H20O4/c1-3-20(2)22-13-15-25(16-14-22)27-19-26-18-17-21-9-11-24(12-10-21)23-7-5-4-6-8-23;1-4-23(2,3)22(24)27-17-10-8-16(9-11-17)25-14-26-21-13-15-12-20(21)19-7-5-6-18(15)19;1-5-14(2,3)13(15)18-12-8-6-11(7-9-12)17-10-16-4/h9-16,20,23H,3-8,17-19H2,1-2H3;8-11,15,18-21H,4-7,12-14H2,1-3H3;6-9H,5,10H2,1-4H3. The SMILES string of the molecule is CCC(C)(C)C(=O)Oc1ccc(OCOC)cc1.CCC(C)(C)C(=O)Oc1ccc(OCOC2CC3CC2C2CCCC32)cc1.CCC(C)c1ccc(OCOCCc2ccc(C3CCCCC3)cc2)cc1. The van der Waals surface area contributed by atoms with Crippen molar-refractivity contribution in [2.24, 2.45) is 34.5 Å². The molecule has 4 aliphatic carbocycles. The predicted molar refractivity (Wildman–Crippen MR) is 285 cm³/mol. The summed E-state index contributed by atoms with van der Waals surface area (Å²) in [6.45, 7) is 17.4. The molecule has 6 unspecified atom stereocenters. The van der Waals surface area contributed by atoms with Gasteiger partial charge in [-0.3, -0.25) is 9.59 Å². The van der Waals surface area contributed by atoms with Gasteiger partial charge in [0.1, 0.15) is 28.7 Å². The van der Waals surface area contributed by atoms with Gasteiger partial charge >= 0.3 is 11.9 Å². The molecule has 4 saturated carbocycles. The van der Waals surface area contributed by atoms with Crippen LogP contribution in [0.5, 0.6) is 28.7 Å². The van der Waals surface area contributed by atoms with E-state index < -0.39 is 10.8 Å². The summed E-state index contributed by atoms with van der Waals surface area (Å²) in [5.41, 5.74) is 3.28. The Kier molecular flexibility index (Phi) is 21.9. The first kappa shape index (κ1) is 56.4. The molecule has 0 spiro atoms. The zero-order valence-electron chi connectivity index (χ0n) is 45.1. The Balaban J connectivity index is 0.000000181. The van der Waals surface area contributed by atoms with Crippen LogP contribution in [0.4, 0.5) is 0 Å². The van der Waals surface area contributed by atoms with Crippen molar-refractivity contribution in [1.29, 1.82) is 0 Å². The van der Waals surface area contributed by atoms with Crippen molar-refractivity contribution >= 4 is 11.9 Å². The Hall–Kier alpha value is -4.90. The maximum absolute atomic E-state index is 12.1. The number of esters is 2. The zero-order chi connectivity index (χ0) is 51.5. The van der Waals surface area contributed by atoms with Crippen molar-refractivity contribution in [2.45, 2.75) is 163 Å². The summed E-state index contributed by atoms with van der Waals surface area (Å²) in [4.78, 5) is 24.0. The summed E-state index contributed by atoms with van der Waals surface area (Å²) in [5, 5.41) is 0. The van der Waals surface area contributed by atoms with Crippen LogP contribution in [0.25, 0.3) is 0 Å². The highest BCUT2D eigenvalue weighted by Gasteiger charge is 2.54. The quantitative estimate of drug-likeness (QED) is 0.0327. The number of fused-ring (bicyclic) bond motifs is 5. The van der Waals surface area contributed by atoms with Crippen molar-refractivity contribution in [3.05, 3.63) is 114 Å². The molecule has 4 aromatic carbocycles. The lowest BCUT2D eigenvalue weighted by atomic mass is 9.80. The second-order valence-electron chi connectivity index (χ2n) is 21.7.